The number of carbonyl (C=O) groups is 1. The van der Waals surface area contributed by atoms with Crippen molar-refractivity contribution in [3.63, 3.8) is 0 Å². The number of carbonyl (C=O) groups excluding carboxylic acids is 1. The van der Waals surface area contributed by atoms with Crippen LogP contribution < -0.4 is 17.1 Å². The number of primary amides is 1. The van der Waals surface area contributed by atoms with E-state index in [4.69, 9.17) is 11.6 Å². The summed E-state index contributed by atoms with van der Waals surface area (Å²) in [6.07, 6.45) is 1.74. The van der Waals surface area contributed by atoms with E-state index in [0.29, 0.717) is 11.3 Å². The van der Waals surface area contributed by atoms with Gasteiger partial charge in [0.15, 0.2) is 0 Å². The van der Waals surface area contributed by atoms with Crippen LogP contribution in [-0.4, -0.2) is 35.6 Å². The molecule has 1 fully saturated rings. The molecule has 1 aliphatic heterocycles. The quantitative estimate of drug-likeness (QED) is 0.690. The molecule has 0 unspecified atom stereocenters. The number of piperidine rings is 1. The van der Waals surface area contributed by atoms with E-state index >= 15 is 0 Å². The zero-order chi connectivity index (χ0) is 13.3. The number of amides is 1. The van der Waals surface area contributed by atoms with Gasteiger partial charge in [-0.1, -0.05) is 0 Å². The normalized spacial score (nSPS) is 17.8. The van der Waals surface area contributed by atoms with E-state index in [1.807, 2.05) is 7.05 Å². The fraction of sp³-hybridized carbons (Fsp3) is 0.500. The molecule has 0 spiro atoms. The molecule has 6 heteroatoms. The van der Waals surface area contributed by atoms with Gasteiger partial charge in [-0.3, -0.25) is 9.59 Å². The van der Waals surface area contributed by atoms with Crippen molar-refractivity contribution in [1.29, 1.82) is 0 Å². The van der Waals surface area contributed by atoms with E-state index in [-0.39, 0.29) is 11.5 Å². The molecule has 0 aliphatic carbocycles. The Morgan fingerprint density at radius 1 is 1.33 bits per heavy atom. The van der Waals surface area contributed by atoms with Crippen LogP contribution >= 0.6 is 0 Å². The van der Waals surface area contributed by atoms with Crippen LogP contribution in [0.1, 0.15) is 34.8 Å². The highest BCUT2D eigenvalue weighted by Crippen LogP contribution is 2.28. The summed E-state index contributed by atoms with van der Waals surface area (Å²) in [6, 6.07) is 2.75. The van der Waals surface area contributed by atoms with Crippen molar-refractivity contribution >= 4 is 5.91 Å². The SMILES string of the molecule is CN1CCC(c2c(C(N)=O)ccc(=O)n2N)CC1. The first kappa shape index (κ1) is 12.6. The highest BCUT2D eigenvalue weighted by atomic mass is 16.1. The van der Waals surface area contributed by atoms with E-state index in [2.05, 4.69) is 4.90 Å². The van der Waals surface area contributed by atoms with Crippen LogP contribution in [0.2, 0.25) is 0 Å². The standard InChI is InChI=1S/C12H18N4O2/c1-15-6-4-8(5-7-15)11-9(12(13)18)2-3-10(17)16(11)14/h2-3,8H,4-7,14H2,1H3,(H2,13,18). The molecule has 4 N–H and O–H groups in total. The van der Waals surface area contributed by atoms with Gasteiger partial charge in [-0.05, 0) is 39.0 Å². The van der Waals surface area contributed by atoms with Gasteiger partial charge in [0.25, 0.3) is 11.5 Å². The second-order valence-electron chi connectivity index (χ2n) is 4.78. The molecule has 98 valence electrons. The number of aromatic nitrogens is 1. The summed E-state index contributed by atoms with van der Waals surface area (Å²) in [5.74, 6) is 5.34. The van der Waals surface area contributed by atoms with Crippen LogP contribution in [0.3, 0.4) is 0 Å². The fourth-order valence-electron chi connectivity index (χ4n) is 2.48. The van der Waals surface area contributed by atoms with Gasteiger partial charge in [0.05, 0.1) is 11.3 Å². The lowest BCUT2D eigenvalue weighted by Crippen LogP contribution is -2.37. The Morgan fingerprint density at radius 2 is 1.94 bits per heavy atom. The minimum absolute atomic E-state index is 0.114. The second-order valence-corrected chi connectivity index (χ2v) is 4.78. The van der Waals surface area contributed by atoms with E-state index in [9.17, 15) is 9.59 Å². The van der Waals surface area contributed by atoms with Crippen molar-refractivity contribution < 1.29 is 4.79 Å². The van der Waals surface area contributed by atoms with Crippen molar-refractivity contribution in [2.24, 2.45) is 5.73 Å². The first-order chi connectivity index (χ1) is 8.50. The third-order valence-corrected chi connectivity index (χ3v) is 3.54. The molecule has 0 aromatic carbocycles. The topological polar surface area (TPSA) is 94.3 Å². The van der Waals surface area contributed by atoms with Crippen molar-refractivity contribution in [2.45, 2.75) is 18.8 Å². The molecule has 18 heavy (non-hydrogen) atoms. The summed E-state index contributed by atoms with van der Waals surface area (Å²) in [4.78, 5) is 25.2. The van der Waals surface area contributed by atoms with E-state index < -0.39 is 5.91 Å². The second kappa shape index (κ2) is 4.81. The first-order valence-corrected chi connectivity index (χ1v) is 6.00. The minimum atomic E-state index is -0.539. The number of likely N-dealkylation sites (tertiary alicyclic amines) is 1. The Kier molecular flexibility index (Phi) is 3.38. The summed E-state index contributed by atoms with van der Waals surface area (Å²) in [7, 11) is 2.05. The first-order valence-electron chi connectivity index (χ1n) is 6.00. The average molecular weight is 250 g/mol. The molecule has 1 aromatic heterocycles. The summed E-state index contributed by atoms with van der Waals surface area (Å²) >= 11 is 0. The Morgan fingerprint density at radius 3 is 2.50 bits per heavy atom. The molecule has 2 rings (SSSR count). The molecular weight excluding hydrogens is 232 g/mol. The Labute approximate surface area is 105 Å². The van der Waals surface area contributed by atoms with Crippen molar-refractivity contribution in [1.82, 2.24) is 9.58 Å². The summed E-state index contributed by atoms with van der Waals surface area (Å²) in [5, 5.41) is 0. The average Bonchev–Trinajstić information content (AvgIpc) is 2.33. The molecule has 0 bridgehead atoms. The molecule has 1 amide bonds. The Bertz CT molecular complexity index is 515. The molecule has 0 saturated carbocycles. The van der Waals surface area contributed by atoms with Crippen LogP contribution in [0.25, 0.3) is 0 Å². The summed E-state index contributed by atoms with van der Waals surface area (Å²) < 4.78 is 1.07. The fourth-order valence-corrected chi connectivity index (χ4v) is 2.48. The van der Waals surface area contributed by atoms with Gasteiger partial charge in [0.1, 0.15) is 0 Å². The van der Waals surface area contributed by atoms with Gasteiger partial charge >= 0.3 is 0 Å². The van der Waals surface area contributed by atoms with Crippen molar-refractivity contribution in [3.8, 4) is 0 Å². The number of rotatable bonds is 2. The lowest BCUT2D eigenvalue weighted by atomic mass is 9.90. The molecule has 2 heterocycles. The molecular formula is C12H18N4O2. The zero-order valence-corrected chi connectivity index (χ0v) is 10.4. The molecule has 0 atom stereocenters. The smallest absolute Gasteiger partial charge is 0.268 e. The largest absolute Gasteiger partial charge is 0.366 e. The lowest BCUT2D eigenvalue weighted by Gasteiger charge is -2.30. The van der Waals surface area contributed by atoms with E-state index in [0.717, 1.165) is 30.6 Å². The highest BCUT2D eigenvalue weighted by Gasteiger charge is 2.25. The van der Waals surface area contributed by atoms with Gasteiger partial charge in [0.2, 0.25) is 0 Å². The van der Waals surface area contributed by atoms with Crippen LogP contribution in [-0.2, 0) is 0 Å². The third kappa shape index (κ3) is 2.24. The molecule has 1 aliphatic rings. The maximum atomic E-state index is 11.6. The van der Waals surface area contributed by atoms with Crippen LogP contribution in [0, 0.1) is 0 Å². The molecule has 1 aromatic rings. The number of pyridine rings is 1. The van der Waals surface area contributed by atoms with E-state index in [1.165, 1.54) is 12.1 Å². The van der Waals surface area contributed by atoms with Crippen LogP contribution in [0.15, 0.2) is 16.9 Å². The van der Waals surface area contributed by atoms with Gasteiger partial charge in [-0.15, -0.1) is 0 Å². The third-order valence-electron chi connectivity index (χ3n) is 3.54. The Balaban J connectivity index is 2.44. The zero-order valence-electron chi connectivity index (χ0n) is 10.4. The van der Waals surface area contributed by atoms with Gasteiger partial charge < -0.3 is 16.5 Å². The molecule has 1 saturated heterocycles. The maximum Gasteiger partial charge on any atom is 0.268 e. The number of nitrogens with zero attached hydrogens (tertiary/aromatic N) is 2. The lowest BCUT2D eigenvalue weighted by molar-refractivity contribution is 0.0997. The number of nitrogen functional groups attached to an aromatic ring is 1. The summed E-state index contributed by atoms with van der Waals surface area (Å²) in [5.41, 5.74) is 5.96. The predicted molar refractivity (Wildman–Crippen MR) is 68.8 cm³/mol. The van der Waals surface area contributed by atoms with Gasteiger partial charge in [0, 0.05) is 12.0 Å². The van der Waals surface area contributed by atoms with Crippen molar-refractivity contribution in [2.75, 3.05) is 26.0 Å². The van der Waals surface area contributed by atoms with Crippen LogP contribution in [0.4, 0.5) is 0 Å². The maximum absolute atomic E-state index is 11.6. The van der Waals surface area contributed by atoms with Gasteiger partial charge in [-0.2, -0.15) is 0 Å². The monoisotopic (exact) mass is 250 g/mol. The summed E-state index contributed by atoms with van der Waals surface area (Å²) in [6.45, 7) is 1.85. The predicted octanol–water partition coefficient (Wildman–Crippen LogP) is -0.530. The Hall–Kier alpha value is -1.82. The number of hydrogen-bond donors (Lipinski definition) is 2. The highest BCUT2D eigenvalue weighted by molar-refractivity contribution is 5.94. The van der Waals surface area contributed by atoms with Crippen molar-refractivity contribution in [3.05, 3.63) is 33.7 Å². The van der Waals surface area contributed by atoms with Gasteiger partial charge in [-0.25, -0.2) is 4.68 Å². The number of hydrogen-bond acceptors (Lipinski definition) is 4. The number of nitrogens with two attached hydrogens (primary N) is 2. The minimum Gasteiger partial charge on any atom is -0.366 e. The molecule has 6 nitrogen and oxygen atoms in total. The molecule has 0 radical (unpaired) electrons. The van der Waals surface area contributed by atoms with E-state index in [1.54, 1.807) is 0 Å². The van der Waals surface area contributed by atoms with Crippen LogP contribution in [0.5, 0.6) is 0 Å².